The summed E-state index contributed by atoms with van der Waals surface area (Å²) >= 11 is 1.42. The van der Waals surface area contributed by atoms with Gasteiger partial charge in [0.15, 0.2) is 0 Å². The van der Waals surface area contributed by atoms with Crippen LogP contribution in [0.1, 0.15) is 28.5 Å². The number of amides is 1. The van der Waals surface area contributed by atoms with Gasteiger partial charge in [0.1, 0.15) is 4.88 Å². The number of nitrogens with zero attached hydrogens (tertiary/aromatic N) is 2. The Bertz CT molecular complexity index is 379. The lowest BCUT2D eigenvalue weighted by Crippen LogP contribution is -2.39. The highest BCUT2D eigenvalue weighted by Gasteiger charge is 2.22. The molecule has 1 rings (SSSR count). The molecule has 1 amide bonds. The third kappa shape index (κ3) is 4.61. The summed E-state index contributed by atoms with van der Waals surface area (Å²) < 4.78 is 0. The van der Waals surface area contributed by atoms with Gasteiger partial charge in [0.25, 0.3) is 5.91 Å². The molecule has 0 aliphatic heterocycles. The van der Waals surface area contributed by atoms with Gasteiger partial charge in [-0.05, 0) is 18.9 Å². The highest BCUT2D eigenvalue weighted by molar-refractivity contribution is 7.13. The highest BCUT2D eigenvalue weighted by Crippen LogP contribution is 2.18. The van der Waals surface area contributed by atoms with Gasteiger partial charge in [-0.15, -0.1) is 23.7 Å². The van der Waals surface area contributed by atoms with E-state index >= 15 is 0 Å². The molecule has 0 saturated heterocycles. The van der Waals surface area contributed by atoms with Crippen molar-refractivity contribution >= 4 is 29.7 Å². The van der Waals surface area contributed by atoms with Crippen LogP contribution in [0.3, 0.4) is 0 Å². The minimum absolute atomic E-state index is 0. The van der Waals surface area contributed by atoms with E-state index in [9.17, 15) is 4.79 Å². The molecule has 0 aliphatic rings. The molecule has 0 aliphatic carbocycles. The number of hydrogen-bond acceptors (Lipinski definition) is 4. The van der Waals surface area contributed by atoms with Crippen molar-refractivity contribution in [2.75, 3.05) is 20.1 Å². The molecule has 0 fully saturated rings. The van der Waals surface area contributed by atoms with Crippen molar-refractivity contribution in [2.45, 2.75) is 20.8 Å². The summed E-state index contributed by atoms with van der Waals surface area (Å²) in [5, 5.41) is 0.912. The topological polar surface area (TPSA) is 59.2 Å². The fourth-order valence-corrected chi connectivity index (χ4v) is 2.20. The van der Waals surface area contributed by atoms with Crippen molar-refractivity contribution in [2.24, 2.45) is 11.1 Å². The molecule has 1 heterocycles. The molecule has 0 atom stereocenters. The van der Waals surface area contributed by atoms with E-state index in [-0.39, 0.29) is 23.7 Å². The molecule has 0 saturated carbocycles. The first kappa shape index (κ1) is 16.4. The Hall–Kier alpha value is -0.650. The Morgan fingerprint density at radius 3 is 2.59 bits per heavy atom. The summed E-state index contributed by atoms with van der Waals surface area (Å²) in [4.78, 5) is 18.5. The monoisotopic (exact) mass is 277 g/mol. The molecule has 0 bridgehead atoms. The quantitative estimate of drug-likeness (QED) is 0.915. The van der Waals surface area contributed by atoms with Crippen LogP contribution in [0.4, 0.5) is 0 Å². The fraction of sp³-hybridized carbons (Fsp3) is 0.636. The van der Waals surface area contributed by atoms with Gasteiger partial charge in [-0.1, -0.05) is 13.8 Å². The number of thiazole rings is 1. The average molecular weight is 278 g/mol. The van der Waals surface area contributed by atoms with E-state index in [2.05, 4.69) is 18.8 Å². The van der Waals surface area contributed by atoms with Crippen LogP contribution in [-0.2, 0) is 0 Å². The minimum Gasteiger partial charge on any atom is -0.340 e. The van der Waals surface area contributed by atoms with E-state index in [0.29, 0.717) is 18.0 Å². The van der Waals surface area contributed by atoms with E-state index in [0.717, 1.165) is 5.01 Å². The van der Waals surface area contributed by atoms with Crippen LogP contribution in [0.25, 0.3) is 0 Å². The fourth-order valence-electron chi connectivity index (χ4n) is 1.43. The first-order chi connectivity index (χ1) is 7.35. The van der Waals surface area contributed by atoms with Crippen LogP contribution in [-0.4, -0.2) is 35.9 Å². The van der Waals surface area contributed by atoms with Crippen molar-refractivity contribution in [1.29, 1.82) is 0 Å². The summed E-state index contributed by atoms with van der Waals surface area (Å²) in [5.41, 5.74) is 5.60. The Labute approximate surface area is 113 Å². The number of hydrogen-bond donors (Lipinski definition) is 1. The van der Waals surface area contributed by atoms with Gasteiger partial charge in [-0.25, -0.2) is 4.98 Å². The maximum absolute atomic E-state index is 12.0. The number of rotatable bonds is 4. The molecule has 2 N–H and O–H groups in total. The van der Waals surface area contributed by atoms with Crippen molar-refractivity contribution < 1.29 is 4.79 Å². The lowest BCUT2D eigenvalue weighted by molar-refractivity contribution is 0.0745. The number of aryl methyl sites for hydroxylation is 1. The van der Waals surface area contributed by atoms with Crippen molar-refractivity contribution in [1.82, 2.24) is 9.88 Å². The third-order valence-electron chi connectivity index (χ3n) is 2.40. The van der Waals surface area contributed by atoms with E-state index in [1.54, 1.807) is 18.1 Å². The Morgan fingerprint density at radius 1 is 1.59 bits per heavy atom. The molecule has 1 aromatic rings. The van der Waals surface area contributed by atoms with Crippen LogP contribution < -0.4 is 5.73 Å². The number of halogens is 1. The van der Waals surface area contributed by atoms with Crippen LogP contribution in [0.2, 0.25) is 0 Å². The molecular formula is C11H20ClN3OS. The van der Waals surface area contributed by atoms with Gasteiger partial charge >= 0.3 is 0 Å². The zero-order valence-corrected chi connectivity index (χ0v) is 12.3. The second-order valence-electron chi connectivity index (χ2n) is 4.77. The molecule has 17 heavy (non-hydrogen) atoms. The molecule has 0 radical (unpaired) electrons. The zero-order chi connectivity index (χ0) is 12.3. The lowest BCUT2D eigenvalue weighted by Gasteiger charge is -2.28. The van der Waals surface area contributed by atoms with Gasteiger partial charge in [0.2, 0.25) is 0 Å². The van der Waals surface area contributed by atoms with E-state index < -0.39 is 0 Å². The van der Waals surface area contributed by atoms with Gasteiger partial charge in [-0.2, -0.15) is 0 Å². The zero-order valence-electron chi connectivity index (χ0n) is 10.7. The Balaban J connectivity index is 0.00000256. The summed E-state index contributed by atoms with van der Waals surface area (Å²) in [5.74, 6) is 0.0205. The molecule has 98 valence electrons. The summed E-state index contributed by atoms with van der Waals surface area (Å²) in [6.45, 7) is 7.21. The number of carbonyl (C=O) groups is 1. The smallest absolute Gasteiger partial charge is 0.265 e. The molecule has 1 aromatic heterocycles. The molecule has 0 aromatic carbocycles. The van der Waals surface area contributed by atoms with Crippen LogP contribution in [0.15, 0.2) is 6.20 Å². The molecule has 4 nitrogen and oxygen atoms in total. The standard InChI is InChI=1S/C11H19N3OS.ClH/c1-8-13-5-9(16-8)10(15)14(4)7-11(2,3)6-12;/h5H,6-7,12H2,1-4H3;1H. The van der Waals surface area contributed by atoms with Gasteiger partial charge in [0.05, 0.1) is 11.2 Å². The Kier molecular flexibility index (Phi) is 6.09. The number of aromatic nitrogens is 1. The molecule has 0 unspecified atom stereocenters. The number of nitrogens with two attached hydrogens (primary N) is 1. The highest BCUT2D eigenvalue weighted by atomic mass is 35.5. The van der Waals surface area contributed by atoms with Crippen LogP contribution in [0.5, 0.6) is 0 Å². The maximum atomic E-state index is 12.0. The molecule has 0 spiro atoms. The second kappa shape index (κ2) is 6.33. The lowest BCUT2D eigenvalue weighted by atomic mass is 9.93. The first-order valence-electron chi connectivity index (χ1n) is 5.24. The maximum Gasteiger partial charge on any atom is 0.265 e. The average Bonchev–Trinajstić information content (AvgIpc) is 2.63. The first-order valence-corrected chi connectivity index (χ1v) is 6.05. The third-order valence-corrected chi connectivity index (χ3v) is 3.30. The van der Waals surface area contributed by atoms with E-state index in [1.165, 1.54) is 11.3 Å². The van der Waals surface area contributed by atoms with Crippen molar-refractivity contribution in [3.63, 3.8) is 0 Å². The minimum atomic E-state index is -0.0514. The summed E-state index contributed by atoms with van der Waals surface area (Å²) in [6, 6.07) is 0. The summed E-state index contributed by atoms with van der Waals surface area (Å²) in [7, 11) is 1.80. The predicted molar refractivity (Wildman–Crippen MR) is 73.9 cm³/mol. The Morgan fingerprint density at radius 2 is 2.18 bits per heavy atom. The van der Waals surface area contributed by atoms with E-state index in [1.807, 2.05) is 6.92 Å². The van der Waals surface area contributed by atoms with Crippen molar-refractivity contribution in [3.05, 3.63) is 16.1 Å². The normalized spacial score (nSPS) is 10.9. The van der Waals surface area contributed by atoms with Gasteiger partial charge < -0.3 is 10.6 Å². The SMILES string of the molecule is Cc1ncc(C(=O)N(C)CC(C)(C)CN)s1.Cl. The molecule has 6 heteroatoms. The van der Waals surface area contributed by atoms with Gasteiger partial charge in [0, 0.05) is 13.6 Å². The number of carbonyl (C=O) groups excluding carboxylic acids is 1. The largest absolute Gasteiger partial charge is 0.340 e. The van der Waals surface area contributed by atoms with E-state index in [4.69, 9.17) is 5.73 Å². The predicted octanol–water partition coefficient (Wildman–Crippen LogP) is 1.93. The van der Waals surface area contributed by atoms with Crippen LogP contribution >= 0.6 is 23.7 Å². The van der Waals surface area contributed by atoms with Crippen LogP contribution in [0, 0.1) is 12.3 Å². The summed E-state index contributed by atoms with van der Waals surface area (Å²) in [6.07, 6.45) is 1.63. The molecular weight excluding hydrogens is 258 g/mol. The second-order valence-corrected chi connectivity index (χ2v) is 6.01. The van der Waals surface area contributed by atoms with Crippen molar-refractivity contribution in [3.8, 4) is 0 Å². The van der Waals surface area contributed by atoms with Gasteiger partial charge in [-0.3, -0.25) is 4.79 Å².